The van der Waals surface area contributed by atoms with Gasteiger partial charge in [0.2, 0.25) is 15.9 Å². The highest BCUT2D eigenvalue weighted by Crippen LogP contribution is 2.27. The van der Waals surface area contributed by atoms with Gasteiger partial charge in [-0.3, -0.25) is 9.10 Å². The summed E-state index contributed by atoms with van der Waals surface area (Å²) in [6.45, 7) is 5.44. The Kier molecular flexibility index (Phi) is 7.20. The summed E-state index contributed by atoms with van der Waals surface area (Å²) in [7, 11) is -3.71. The molecule has 2 atom stereocenters. The number of carbonyl (C=O) groups is 1. The lowest BCUT2D eigenvalue weighted by molar-refractivity contribution is -0.122. The Morgan fingerprint density at radius 2 is 1.44 bits per heavy atom. The minimum absolute atomic E-state index is 0.256. The lowest BCUT2D eigenvalue weighted by Crippen LogP contribution is -2.48. The van der Waals surface area contributed by atoms with E-state index in [9.17, 15) is 13.2 Å². The van der Waals surface area contributed by atoms with Crippen LogP contribution >= 0.6 is 0 Å². The van der Waals surface area contributed by atoms with Gasteiger partial charge in [-0.25, -0.2) is 8.42 Å². The van der Waals surface area contributed by atoms with Gasteiger partial charge in [0, 0.05) is 0 Å². The number of sulfonamides is 1. The largest absolute Gasteiger partial charge is 0.457 e. The minimum atomic E-state index is -3.71. The standard InChI is InChI=1S/C25H28N2O4S/c1-18-10-12-21(13-11-18)19(2)26-25(28)20(3)27(32(4,29)30)22-14-16-24(17-15-22)31-23-8-6-5-7-9-23/h5-17,19-20H,1-4H3,(H,26,28). The first kappa shape index (κ1) is 23.3. The van der Waals surface area contributed by atoms with Crippen molar-refractivity contribution in [2.75, 3.05) is 10.6 Å². The molecule has 0 radical (unpaired) electrons. The second kappa shape index (κ2) is 9.87. The van der Waals surface area contributed by atoms with E-state index in [4.69, 9.17) is 4.74 Å². The van der Waals surface area contributed by atoms with E-state index in [1.807, 2.05) is 68.4 Å². The van der Waals surface area contributed by atoms with Gasteiger partial charge in [0.1, 0.15) is 17.5 Å². The fourth-order valence-corrected chi connectivity index (χ4v) is 4.54. The monoisotopic (exact) mass is 452 g/mol. The number of ether oxygens (including phenoxy) is 1. The first-order valence-corrected chi connectivity index (χ1v) is 12.2. The molecule has 3 rings (SSSR count). The second-order valence-electron chi connectivity index (χ2n) is 7.78. The number of hydrogen-bond acceptors (Lipinski definition) is 4. The molecule has 0 aromatic heterocycles. The number of nitrogens with one attached hydrogen (secondary N) is 1. The quantitative estimate of drug-likeness (QED) is 0.532. The molecule has 6 nitrogen and oxygen atoms in total. The predicted octanol–water partition coefficient (Wildman–Crippen LogP) is 4.82. The van der Waals surface area contributed by atoms with Gasteiger partial charge in [-0.15, -0.1) is 0 Å². The maximum atomic E-state index is 12.9. The van der Waals surface area contributed by atoms with Gasteiger partial charge in [0.25, 0.3) is 0 Å². The van der Waals surface area contributed by atoms with Crippen LogP contribution in [0.1, 0.15) is 31.0 Å². The Bertz CT molecular complexity index is 1140. The average molecular weight is 453 g/mol. The van der Waals surface area contributed by atoms with Crippen LogP contribution < -0.4 is 14.4 Å². The number of rotatable bonds is 8. The summed E-state index contributed by atoms with van der Waals surface area (Å²) < 4.78 is 32.0. The fourth-order valence-electron chi connectivity index (χ4n) is 3.37. The number of benzene rings is 3. The zero-order chi connectivity index (χ0) is 23.3. The number of nitrogens with zero attached hydrogens (tertiary/aromatic N) is 1. The zero-order valence-electron chi connectivity index (χ0n) is 18.6. The Hall–Kier alpha value is -3.32. The topological polar surface area (TPSA) is 75.7 Å². The lowest BCUT2D eigenvalue weighted by atomic mass is 10.1. The summed E-state index contributed by atoms with van der Waals surface area (Å²) in [4.78, 5) is 12.9. The van der Waals surface area contributed by atoms with Crippen molar-refractivity contribution in [3.05, 3.63) is 90.0 Å². The summed E-state index contributed by atoms with van der Waals surface area (Å²) in [5.41, 5.74) is 2.46. The molecule has 0 heterocycles. The van der Waals surface area contributed by atoms with Crippen LogP contribution in [-0.4, -0.2) is 26.6 Å². The van der Waals surface area contributed by atoms with Gasteiger partial charge in [-0.2, -0.15) is 0 Å². The highest BCUT2D eigenvalue weighted by molar-refractivity contribution is 7.92. The first-order chi connectivity index (χ1) is 15.1. The molecule has 1 N–H and O–H groups in total. The number of carbonyl (C=O) groups excluding carboxylic acids is 1. The molecule has 7 heteroatoms. The highest BCUT2D eigenvalue weighted by atomic mass is 32.2. The Morgan fingerprint density at radius 3 is 2.00 bits per heavy atom. The smallest absolute Gasteiger partial charge is 0.244 e. The molecular formula is C25H28N2O4S. The molecule has 3 aromatic carbocycles. The van der Waals surface area contributed by atoms with Crippen LogP contribution in [0.4, 0.5) is 5.69 Å². The van der Waals surface area contributed by atoms with Gasteiger partial charge in [-0.1, -0.05) is 48.0 Å². The van der Waals surface area contributed by atoms with Crippen molar-refractivity contribution in [2.45, 2.75) is 32.9 Å². The maximum absolute atomic E-state index is 12.9. The summed E-state index contributed by atoms with van der Waals surface area (Å²) in [6, 6.07) is 22.6. The number of aryl methyl sites for hydroxylation is 1. The Labute approximate surface area is 189 Å². The molecule has 2 unspecified atom stereocenters. The first-order valence-electron chi connectivity index (χ1n) is 10.3. The second-order valence-corrected chi connectivity index (χ2v) is 9.64. The summed E-state index contributed by atoms with van der Waals surface area (Å²) in [6.07, 6.45) is 1.09. The van der Waals surface area contributed by atoms with Crippen molar-refractivity contribution < 1.29 is 17.9 Å². The normalized spacial score (nSPS) is 13.1. The molecule has 0 saturated carbocycles. The van der Waals surface area contributed by atoms with Crippen LogP contribution in [0.2, 0.25) is 0 Å². The van der Waals surface area contributed by atoms with Crippen LogP contribution in [0.3, 0.4) is 0 Å². The van der Waals surface area contributed by atoms with Gasteiger partial charge < -0.3 is 10.1 Å². The summed E-state index contributed by atoms with van der Waals surface area (Å²) >= 11 is 0. The van der Waals surface area contributed by atoms with Crippen molar-refractivity contribution in [3.8, 4) is 11.5 Å². The van der Waals surface area contributed by atoms with E-state index < -0.39 is 16.1 Å². The van der Waals surface area contributed by atoms with E-state index >= 15 is 0 Å². The van der Waals surface area contributed by atoms with Crippen molar-refractivity contribution >= 4 is 21.6 Å². The summed E-state index contributed by atoms with van der Waals surface area (Å²) in [5.74, 6) is 0.865. The molecule has 1 amide bonds. The third-order valence-corrected chi connectivity index (χ3v) is 6.34. The molecule has 0 aliphatic rings. The molecule has 0 saturated heterocycles. The van der Waals surface area contributed by atoms with Crippen molar-refractivity contribution in [1.29, 1.82) is 0 Å². The number of hydrogen-bond donors (Lipinski definition) is 1. The number of amides is 1. The maximum Gasteiger partial charge on any atom is 0.244 e. The van der Waals surface area contributed by atoms with E-state index in [0.717, 1.165) is 21.7 Å². The van der Waals surface area contributed by atoms with E-state index in [1.165, 1.54) is 0 Å². The van der Waals surface area contributed by atoms with Crippen LogP contribution in [0.5, 0.6) is 11.5 Å². The number of para-hydroxylation sites is 1. The van der Waals surface area contributed by atoms with E-state index in [-0.39, 0.29) is 11.9 Å². The van der Waals surface area contributed by atoms with Crippen LogP contribution in [0.15, 0.2) is 78.9 Å². The molecule has 0 aliphatic heterocycles. The molecule has 32 heavy (non-hydrogen) atoms. The molecule has 0 bridgehead atoms. The predicted molar refractivity (Wildman–Crippen MR) is 127 cm³/mol. The molecule has 3 aromatic rings. The van der Waals surface area contributed by atoms with Crippen LogP contribution in [0.25, 0.3) is 0 Å². The molecule has 0 fully saturated rings. The molecule has 0 spiro atoms. The van der Waals surface area contributed by atoms with Gasteiger partial charge in [-0.05, 0) is 62.7 Å². The van der Waals surface area contributed by atoms with Gasteiger partial charge in [0.05, 0.1) is 18.0 Å². The SMILES string of the molecule is Cc1ccc(C(C)NC(=O)C(C)N(c2ccc(Oc3ccccc3)cc2)S(C)(=O)=O)cc1. The van der Waals surface area contributed by atoms with Crippen molar-refractivity contribution in [1.82, 2.24) is 5.32 Å². The average Bonchev–Trinajstić information content (AvgIpc) is 2.75. The van der Waals surface area contributed by atoms with E-state index in [2.05, 4.69) is 5.32 Å². The van der Waals surface area contributed by atoms with E-state index in [0.29, 0.717) is 17.2 Å². The lowest BCUT2D eigenvalue weighted by Gasteiger charge is -2.29. The van der Waals surface area contributed by atoms with Crippen LogP contribution in [-0.2, 0) is 14.8 Å². The van der Waals surface area contributed by atoms with E-state index in [1.54, 1.807) is 31.2 Å². The van der Waals surface area contributed by atoms with Gasteiger partial charge in [0.15, 0.2) is 0 Å². The van der Waals surface area contributed by atoms with Crippen molar-refractivity contribution in [2.24, 2.45) is 0 Å². The zero-order valence-corrected chi connectivity index (χ0v) is 19.5. The highest BCUT2D eigenvalue weighted by Gasteiger charge is 2.30. The van der Waals surface area contributed by atoms with Crippen LogP contribution in [0, 0.1) is 6.92 Å². The molecule has 0 aliphatic carbocycles. The molecular weight excluding hydrogens is 424 g/mol. The minimum Gasteiger partial charge on any atom is -0.457 e. The number of anilines is 1. The Morgan fingerprint density at radius 1 is 0.875 bits per heavy atom. The fraction of sp³-hybridized carbons (Fsp3) is 0.240. The third-order valence-electron chi connectivity index (χ3n) is 5.09. The molecule has 168 valence electrons. The van der Waals surface area contributed by atoms with Gasteiger partial charge >= 0.3 is 0 Å². The third kappa shape index (κ3) is 5.88. The summed E-state index contributed by atoms with van der Waals surface area (Å²) in [5, 5.41) is 2.91. The van der Waals surface area contributed by atoms with Crippen molar-refractivity contribution in [3.63, 3.8) is 0 Å². The Balaban J connectivity index is 1.76.